The fraction of sp³-hybridized carbons (Fsp3) is 0.316. The van der Waals surface area contributed by atoms with Gasteiger partial charge in [-0.3, -0.25) is 0 Å². The molecule has 6 heteroatoms. The number of nitrogens with one attached hydrogen (secondary N) is 3. The van der Waals surface area contributed by atoms with E-state index >= 15 is 0 Å². The largest absolute Gasteiger partial charge is 0.372 e. The van der Waals surface area contributed by atoms with Gasteiger partial charge in [0.25, 0.3) is 0 Å². The van der Waals surface area contributed by atoms with Gasteiger partial charge in [-0.2, -0.15) is 0 Å². The summed E-state index contributed by atoms with van der Waals surface area (Å²) in [6.07, 6.45) is 1.98. The molecule has 4 rings (SSSR count). The normalized spacial score (nSPS) is 24.3. The summed E-state index contributed by atoms with van der Waals surface area (Å²) in [4.78, 5) is 12.0. The molecule has 2 amide bonds. The van der Waals surface area contributed by atoms with Gasteiger partial charge in [-0.05, 0) is 48.4 Å². The topological polar surface area (TPSA) is 62.4 Å². The molecule has 25 heavy (non-hydrogen) atoms. The molecule has 2 aliphatic heterocycles. The third-order valence-electron chi connectivity index (χ3n) is 4.76. The van der Waals surface area contributed by atoms with E-state index in [-0.39, 0.29) is 11.6 Å². The predicted molar refractivity (Wildman–Crippen MR) is 99.3 cm³/mol. The summed E-state index contributed by atoms with van der Waals surface area (Å²) in [5.41, 5.74) is 2.61. The van der Waals surface area contributed by atoms with Crippen molar-refractivity contribution in [2.75, 3.05) is 23.8 Å². The summed E-state index contributed by atoms with van der Waals surface area (Å²) in [6.45, 7) is 1.73. The van der Waals surface area contributed by atoms with Gasteiger partial charge in [0.05, 0.1) is 12.2 Å². The molecule has 2 bridgehead atoms. The van der Waals surface area contributed by atoms with Crippen molar-refractivity contribution in [1.29, 1.82) is 0 Å². The molecule has 130 valence electrons. The number of hydrogen-bond acceptors (Lipinski definition) is 3. The van der Waals surface area contributed by atoms with Crippen LogP contribution in [0.1, 0.15) is 12.0 Å². The average Bonchev–Trinajstić information content (AvgIpc) is 3.19. The Balaban J connectivity index is 1.34. The minimum absolute atomic E-state index is 0.0500. The van der Waals surface area contributed by atoms with Gasteiger partial charge < -0.3 is 20.7 Å². The molecular formula is C19H20ClN3O2. The van der Waals surface area contributed by atoms with Crippen LogP contribution >= 0.6 is 11.6 Å². The van der Waals surface area contributed by atoms with Gasteiger partial charge in [0.1, 0.15) is 0 Å². The van der Waals surface area contributed by atoms with Crippen LogP contribution in [0, 0.1) is 0 Å². The predicted octanol–water partition coefficient (Wildman–Crippen LogP) is 3.66. The lowest BCUT2D eigenvalue weighted by Gasteiger charge is -2.26. The highest BCUT2D eigenvalue weighted by molar-refractivity contribution is 6.30. The Bertz CT molecular complexity index is 753. The lowest BCUT2D eigenvalue weighted by Crippen LogP contribution is -2.40. The molecule has 5 nitrogen and oxygen atoms in total. The number of urea groups is 1. The van der Waals surface area contributed by atoms with Crippen LogP contribution in [0.25, 0.3) is 0 Å². The van der Waals surface area contributed by atoms with E-state index in [0.29, 0.717) is 16.8 Å². The standard InChI is InChI=1S/C19H20ClN3O2/c20-14-3-7-16(8-4-14)23-18(24)22-15-5-1-13(2-6-15)9-19-10-17(11-25-19)21-12-19/h1-8,17,21H,9-12H2,(H2,22,23,24)/t17-,19-/m0/s1. The maximum absolute atomic E-state index is 12.0. The van der Waals surface area contributed by atoms with Gasteiger partial charge in [0, 0.05) is 35.4 Å². The minimum atomic E-state index is -0.282. The van der Waals surface area contributed by atoms with Crippen molar-refractivity contribution in [1.82, 2.24) is 5.32 Å². The summed E-state index contributed by atoms with van der Waals surface area (Å²) >= 11 is 5.84. The van der Waals surface area contributed by atoms with Crippen molar-refractivity contribution in [3.05, 3.63) is 59.1 Å². The van der Waals surface area contributed by atoms with E-state index in [9.17, 15) is 4.79 Å². The van der Waals surface area contributed by atoms with Crippen LogP contribution < -0.4 is 16.0 Å². The highest BCUT2D eigenvalue weighted by atomic mass is 35.5. The van der Waals surface area contributed by atoms with Crippen LogP contribution in [-0.2, 0) is 11.2 Å². The fourth-order valence-corrected chi connectivity index (χ4v) is 3.65. The van der Waals surface area contributed by atoms with Crippen molar-refractivity contribution >= 4 is 29.0 Å². The number of fused-ring (bicyclic) bond motifs is 2. The summed E-state index contributed by atoms with van der Waals surface area (Å²) in [7, 11) is 0. The first-order chi connectivity index (χ1) is 12.1. The van der Waals surface area contributed by atoms with Crippen molar-refractivity contribution < 1.29 is 9.53 Å². The van der Waals surface area contributed by atoms with E-state index in [0.717, 1.165) is 31.7 Å². The van der Waals surface area contributed by atoms with Crippen molar-refractivity contribution in [2.24, 2.45) is 0 Å². The fourth-order valence-electron chi connectivity index (χ4n) is 3.52. The number of amides is 2. The van der Waals surface area contributed by atoms with E-state index in [1.54, 1.807) is 24.3 Å². The molecule has 2 aromatic carbocycles. The monoisotopic (exact) mass is 357 g/mol. The Labute approximate surface area is 151 Å². The molecule has 2 aromatic rings. The maximum Gasteiger partial charge on any atom is 0.323 e. The Morgan fingerprint density at radius 2 is 1.76 bits per heavy atom. The number of rotatable bonds is 4. The van der Waals surface area contributed by atoms with Gasteiger partial charge in [-0.25, -0.2) is 4.79 Å². The van der Waals surface area contributed by atoms with Crippen LogP contribution in [0.5, 0.6) is 0 Å². The first kappa shape index (κ1) is 16.4. The number of halogens is 1. The highest BCUT2D eigenvalue weighted by Gasteiger charge is 2.45. The first-order valence-electron chi connectivity index (χ1n) is 8.40. The van der Waals surface area contributed by atoms with Gasteiger partial charge in [-0.1, -0.05) is 23.7 Å². The van der Waals surface area contributed by atoms with E-state index in [1.165, 1.54) is 5.56 Å². The third-order valence-corrected chi connectivity index (χ3v) is 5.01. The molecular weight excluding hydrogens is 338 g/mol. The highest BCUT2D eigenvalue weighted by Crippen LogP contribution is 2.34. The second kappa shape index (κ2) is 6.67. The molecule has 0 saturated carbocycles. The number of anilines is 2. The summed E-state index contributed by atoms with van der Waals surface area (Å²) in [5.74, 6) is 0. The molecule has 3 N–H and O–H groups in total. The smallest absolute Gasteiger partial charge is 0.323 e. The van der Waals surface area contributed by atoms with Crippen molar-refractivity contribution in [3.63, 3.8) is 0 Å². The Hall–Kier alpha value is -2.08. The molecule has 0 spiro atoms. The number of carbonyl (C=O) groups excluding carboxylic acids is 1. The molecule has 0 aromatic heterocycles. The van der Waals surface area contributed by atoms with Crippen LogP contribution in [0.3, 0.4) is 0 Å². The number of morpholine rings is 1. The van der Waals surface area contributed by atoms with E-state index < -0.39 is 0 Å². The molecule has 2 atom stereocenters. The summed E-state index contributed by atoms with van der Waals surface area (Å²) < 4.78 is 5.96. The lowest BCUT2D eigenvalue weighted by atomic mass is 9.93. The molecule has 2 aliphatic rings. The summed E-state index contributed by atoms with van der Waals surface area (Å²) in [6, 6.07) is 15.1. The second-order valence-electron chi connectivity index (χ2n) is 6.74. The zero-order chi connectivity index (χ0) is 17.3. The van der Waals surface area contributed by atoms with Crippen LogP contribution in [0.15, 0.2) is 48.5 Å². The molecule has 2 saturated heterocycles. The Morgan fingerprint density at radius 3 is 2.28 bits per heavy atom. The van der Waals surface area contributed by atoms with Crippen molar-refractivity contribution in [2.45, 2.75) is 24.5 Å². The average molecular weight is 358 g/mol. The van der Waals surface area contributed by atoms with E-state index in [4.69, 9.17) is 16.3 Å². The quantitative estimate of drug-likeness (QED) is 0.782. The summed E-state index contributed by atoms with van der Waals surface area (Å²) in [5, 5.41) is 9.72. The lowest BCUT2D eigenvalue weighted by molar-refractivity contribution is -0.00521. The molecule has 2 fully saturated rings. The zero-order valence-electron chi connectivity index (χ0n) is 13.7. The molecule has 0 radical (unpaired) electrons. The molecule has 2 heterocycles. The number of benzene rings is 2. The number of hydrogen-bond donors (Lipinski definition) is 3. The van der Waals surface area contributed by atoms with Gasteiger partial charge in [-0.15, -0.1) is 0 Å². The van der Waals surface area contributed by atoms with Crippen LogP contribution in [0.4, 0.5) is 16.2 Å². The minimum Gasteiger partial charge on any atom is -0.372 e. The van der Waals surface area contributed by atoms with E-state index in [1.807, 2.05) is 24.3 Å². The first-order valence-corrected chi connectivity index (χ1v) is 8.78. The SMILES string of the molecule is O=C(Nc1ccc(Cl)cc1)Nc1ccc(C[C@]23CN[C@H](CO2)C3)cc1. The van der Waals surface area contributed by atoms with Gasteiger partial charge >= 0.3 is 6.03 Å². The molecule has 0 unspecified atom stereocenters. The second-order valence-corrected chi connectivity index (χ2v) is 7.17. The Kier molecular flexibility index (Phi) is 4.37. The van der Waals surface area contributed by atoms with Crippen molar-refractivity contribution in [3.8, 4) is 0 Å². The van der Waals surface area contributed by atoms with Gasteiger partial charge in [0.2, 0.25) is 0 Å². The maximum atomic E-state index is 12.0. The van der Waals surface area contributed by atoms with Crippen LogP contribution in [-0.4, -0.2) is 30.8 Å². The Morgan fingerprint density at radius 1 is 1.12 bits per heavy atom. The van der Waals surface area contributed by atoms with Gasteiger partial charge in [0.15, 0.2) is 0 Å². The number of carbonyl (C=O) groups is 1. The zero-order valence-corrected chi connectivity index (χ0v) is 14.5. The number of ether oxygens (including phenoxy) is 1. The molecule has 0 aliphatic carbocycles. The third kappa shape index (κ3) is 3.79. The van der Waals surface area contributed by atoms with E-state index in [2.05, 4.69) is 16.0 Å². The van der Waals surface area contributed by atoms with Crippen LogP contribution in [0.2, 0.25) is 5.02 Å².